The van der Waals surface area contributed by atoms with Crippen LogP contribution in [-0.2, 0) is 27.5 Å². The number of hydrogen-bond acceptors (Lipinski definition) is 11. The zero-order valence-corrected chi connectivity index (χ0v) is 38.8. The number of benzene rings is 4. The van der Waals surface area contributed by atoms with Crippen molar-refractivity contribution in [1.29, 1.82) is 0 Å². The second-order valence-corrected chi connectivity index (χ2v) is 17.9. The summed E-state index contributed by atoms with van der Waals surface area (Å²) in [6, 6.07) is 26.8. The number of unbranched alkanes of at least 4 members (excludes halogenated alkanes) is 2. The highest BCUT2D eigenvalue weighted by Gasteiger charge is 2.65. The predicted molar refractivity (Wildman–Crippen MR) is 256 cm³/mol. The number of ether oxygens (including phenoxy) is 6. The number of amides is 1. The van der Waals surface area contributed by atoms with Crippen LogP contribution in [0.1, 0.15) is 85.1 Å². The van der Waals surface area contributed by atoms with E-state index < -0.39 is 23.8 Å². The molecule has 0 saturated heterocycles. The lowest BCUT2D eigenvalue weighted by atomic mass is 9.55. The van der Waals surface area contributed by atoms with Crippen LogP contribution in [0.2, 0.25) is 0 Å². The van der Waals surface area contributed by atoms with Gasteiger partial charge in [-0.1, -0.05) is 78.7 Å². The highest BCUT2D eigenvalue weighted by atomic mass is 16.7. The lowest BCUT2D eigenvalue weighted by molar-refractivity contribution is -0.256. The van der Waals surface area contributed by atoms with Crippen molar-refractivity contribution in [3.8, 4) is 28.7 Å². The zero-order chi connectivity index (χ0) is 46.8. The number of allylic oxidation sites excluding steroid dienone is 1. The summed E-state index contributed by atoms with van der Waals surface area (Å²) < 4.78 is 38.8. The van der Waals surface area contributed by atoms with E-state index in [2.05, 4.69) is 45.2 Å². The Labute approximate surface area is 394 Å². The van der Waals surface area contributed by atoms with Crippen LogP contribution in [0.3, 0.4) is 0 Å². The van der Waals surface area contributed by atoms with Crippen LogP contribution in [0.25, 0.3) is 0 Å². The number of aliphatic hydroxyl groups is 2. The Hall–Kier alpha value is -6.08. The molecule has 67 heavy (non-hydrogen) atoms. The Morgan fingerprint density at radius 3 is 2.39 bits per heavy atom. The minimum atomic E-state index is -1.49. The molecule has 1 amide bonds. The Morgan fingerprint density at radius 1 is 0.851 bits per heavy atom. The van der Waals surface area contributed by atoms with Crippen LogP contribution in [0.15, 0.2) is 127 Å². The maximum Gasteiger partial charge on any atom is 0.410 e. The zero-order valence-electron chi connectivity index (χ0n) is 38.8. The summed E-state index contributed by atoms with van der Waals surface area (Å²) in [5.74, 6) is 1.04. The Balaban J connectivity index is 1.33. The maximum absolute atomic E-state index is 14.9. The summed E-state index contributed by atoms with van der Waals surface area (Å²) in [7, 11) is 0. The summed E-state index contributed by atoms with van der Waals surface area (Å²) in [5, 5.41) is 25.1. The van der Waals surface area contributed by atoms with E-state index in [1.165, 1.54) is 5.56 Å². The molecule has 1 saturated carbocycles. The molecule has 0 aromatic heterocycles. The normalized spacial score (nSPS) is 22.7. The highest BCUT2D eigenvalue weighted by molar-refractivity contribution is 6.03. The van der Waals surface area contributed by atoms with Gasteiger partial charge in [0.25, 0.3) is 0 Å². The van der Waals surface area contributed by atoms with Crippen LogP contribution >= 0.6 is 0 Å². The molecule has 6 atom stereocenters. The number of hydrogen-bond donors (Lipinski definition) is 2. The summed E-state index contributed by atoms with van der Waals surface area (Å²) in [6.45, 7) is 13.0. The standard InChI is InChI=1S/C55H64N2O10/c1-5-7-28-61-54(60)57(34-40-20-23-49-50(30-40)63-36-62-49)51-33-47(56-65-35-39-15-9-8-10-16-39)45-31-41(17-11-13-25-58)44(18-12-14-26-59)52-46-32-43(66-42-21-19-37(3)38(4)29-42)22-24-48(46)67-55(51,53(45)52)64-27-6-2/h5-6,8-10,15-16,19-24,29-32,41,44,51-53,58-59H,1-2,7,11-14,17-18,25-28,33-36H2,3-4H3. The number of nitrogens with zero attached hydrogens (tertiary/aromatic N) is 2. The SMILES string of the molecule is C=CCCOC(=O)N(Cc1ccc2c(c1)OCO2)C1CC(=NOCc2ccccc2)C2=CC(CCCCO)C(CCCCO)C3c4cc(Oc5ccc(C)c(C)c5)ccc4OC1(OCC=C)C23. The summed E-state index contributed by atoms with van der Waals surface area (Å²) in [6.07, 6.45) is 10.4. The third-order valence-electron chi connectivity index (χ3n) is 13.6. The fourth-order valence-corrected chi connectivity index (χ4v) is 10.2. The van der Waals surface area contributed by atoms with Gasteiger partial charge in [0.2, 0.25) is 12.6 Å². The average Bonchev–Trinajstić information content (AvgIpc) is 3.81. The maximum atomic E-state index is 14.9. The highest BCUT2D eigenvalue weighted by Crippen LogP contribution is 2.62. The molecule has 4 aromatic rings. The van der Waals surface area contributed by atoms with E-state index in [0.717, 1.165) is 59.3 Å². The molecule has 2 heterocycles. The lowest BCUT2D eigenvalue weighted by Crippen LogP contribution is -2.70. The molecule has 12 heteroatoms. The van der Waals surface area contributed by atoms with Gasteiger partial charge in [-0.3, -0.25) is 4.90 Å². The summed E-state index contributed by atoms with van der Waals surface area (Å²) in [5.41, 5.74) is 6.62. The average molecular weight is 913 g/mol. The molecule has 8 rings (SSSR count). The van der Waals surface area contributed by atoms with Crippen LogP contribution in [-0.4, -0.2) is 72.0 Å². The van der Waals surface area contributed by atoms with Crippen molar-refractivity contribution < 1.29 is 48.3 Å². The molecule has 6 unspecified atom stereocenters. The first-order valence-electron chi connectivity index (χ1n) is 23.7. The van der Waals surface area contributed by atoms with Gasteiger partial charge in [0, 0.05) is 37.7 Å². The van der Waals surface area contributed by atoms with E-state index in [9.17, 15) is 15.0 Å². The van der Waals surface area contributed by atoms with Gasteiger partial charge in [0.15, 0.2) is 11.5 Å². The molecule has 1 fully saturated rings. The molecule has 354 valence electrons. The second kappa shape index (κ2) is 22.1. The molecule has 0 radical (unpaired) electrons. The first kappa shape index (κ1) is 47.4. The van der Waals surface area contributed by atoms with Crippen molar-refractivity contribution in [1.82, 2.24) is 4.90 Å². The lowest BCUT2D eigenvalue weighted by Gasteiger charge is -2.59. The molecule has 12 nitrogen and oxygen atoms in total. The van der Waals surface area contributed by atoms with Crippen molar-refractivity contribution in [2.24, 2.45) is 22.9 Å². The summed E-state index contributed by atoms with van der Waals surface area (Å²) in [4.78, 5) is 22.9. The number of carbonyl (C=O) groups excluding carboxylic acids is 1. The van der Waals surface area contributed by atoms with E-state index in [-0.39, 0.29) is 70.5 Å². The van der Waals surface area contributed by atoms with Gasteiger partial charge in [0.05, 0.1) is 24.8 Å². The largest absolute Gasteiger partial charge is 0.459 e. The molecular weight excluding hydrogens is 849 g/mol. The summed E-state index contributed by atoms with van der Waals surface area (Å²) >= 11 is 0. The fraction of sp³-hybridized carbons (Fsp3) is 0.418. The Bertz CT molecular complexity index is 2420. The number of fused-ring (bicyclic) bond motifs is 3. The van der Waals surface area contributed by atoms with E-state index in [0.29, 0.717) is 48.0 Å². The third-order valence-corrected chi connectivity index (χ3v) is 13.6. The van der Waals surface area contributed by atoms with Gasteiger partial charge in [-0.2, -0.15) is 0 Å². The smallest absolute Gasteiger partial charge is 0.410 e. The molecule has 0 bridgehead atoms. The molecule has 2 aliphatic heterocycles. The minimum Gasteiger partial charge on any atom is -0.459 e. The van der Waals surface area contributed by atoms with Crippen molar-refractivity contribution in [3.63, 3.8) is 0 Å². The fourth-order valence-electron chi connectivity index (χ4n) is 10.2. The molecule has 0 spiro atoms. The first-order valence-corrected chi connectivity index (χ1v) is 23.7. The number of carbonyl (C=O) groups is 1. The van der Waals surface area contributed by atoms with Gasteiger partial charge in [-0.05, 0) is 128 Å². The van der Waals surface area contributed by atoms with Gasteiger partial charge >= 0.3 is 6.09 Å². The van der Waals surface area contributed by atoms with Crippen molar-refractivity contribution in [3.05, 3.63) is 150 Å². The number of aryl methyl sites for hydroxylation is 2. The molecule has 4 aromatic carbocycles. The number of oxime groups is 1. The third kappa shape index (κ3) is 10.6. The topological polar surface area (TPSA) is 138 Å². The van der Waals surface area contributed by atoms with Crippen molar-refractivity contribution in [2.45, 2.75) is 96.1 Å². The van der Waals surface area contributed by atoms with Crippen LogP contribution < -0.4 is 18.9 Å². The van der Waals surface area contributed by atoms with Crippen molar-refractivity contribution in [2.75, 3.05) is 33.2 Å². The molecule has 4 aliphatic rings. The Kier molecular flexibility index (Phi) is 15.7. The first-order chi connectivity index (χ1) is 32.8. The van der Waals surface area contributed by atoms with Crippen LogP contribution in [0.4, 0.5) is 4.79 Å². The van der Waals surface area contributed by atoms with Gasteiger partial charge in [-0.15, -0.1) is 13.2 Å². The monoisotopic (exact) mass is 912 g/mol. The van der Waals surface area contributed by atoms with E-state index in [1.54, 1.807) is 17.1 Å². The van der Waals surface area contributed by atoms with Gasteiger partial charge < -0.3 is 43.5 Å². The minimum absolute atomic E-state index is 0.0253. The Morgan fingerprint density at radius 2 is 1.61 bits per heavy atom. The predicted octanol–water partition coefficient (Wildman–Crippen LogP) is 10.9. The molecule has 2 aliphatic carbocycles. The second-order valence-electron chi connectivity index (χ2n) is 17.9. The van der Waals surface area contributed by atoms with Crippen molar-refractivity contribution >= 4 is 11.8 Å². The van der Waals surface area contributed by atoms with E-state index >= 15 is 0 Å². The van der Waals surface area contributed by atoms with Crippen LogP contribution in [0, 0.1) is 31.6 Å². The number of rotatable bonds is 22. The van der Waals surface area contributed by atoms with E-state index in [1.807, 2.05) is 72.8 Å². The quantitative estimate of drug-likeness (QED) is 0.0445. The van der Waals surface area contributed by atoms with E-state index in [4.69, 9.17) is 38.4 Å². The molecular formula is C55H64N2O10. The van der Waals surface area contributed by atoms with Gasteiger partial charge in [-0.25, -0.2) is 4.79 Å². The molecule has 2 N–H and O–H groups in total. The van der Waals surface area contributed by atoms with Crippen LogP contribution in [0.5, 0.6) is 28.7 Å². The van der Waals surface area contributed by atoms with Gasteiger partial charge in [0.1, 0.15) is 29.9 Å². The number of aliphatic hydroxyl groups excluding tert-OH is 2.